The molecule has 0 aliphatic rings. The Labute approximate surface area is 192 Å². The highest BCUT2D eigenvalue weighted by atomic mass is 19.1. The van der Waals surface area contributed by atoms with Crippen LogP contribution in [0.4, 0.5) is 19.1 Å². The number of rotatable bonds is 7. The zero-order valence-electron chi connectivity index (χ0n) is 18.1. The first-order chi connectivity index (χ1) is 16.3. The molecule has 2 aromatic carbocycles. The number of halogens is 3. The maximum Gasteiger partial charge on any atom is 0.256 e. The minimum Gasteiger partial charge on any atom is -0.370 e. The van der Waals surface area contributed by atoms with Crippen LogP contribution in [0.15, 0.2) is 53.3 Å². The number of primary amides is 1. The van der Waals surface area contributed by atoms with E-state index in [1.807, 2.05) is 0 Å². The molecule has 2 aromatic heterocycles. The molecule has 0 aliphatic carbocycles. The van der Waals surface area contributed by atoms with E-state index in [-0.39, 0.29) is 24.6 Å². The van der Waals surface area contributed by atoms with Crippen molar-refractivity contribution in [3.05, 3.63) is 81.9 Å². The molecule has 0 saturated heterocycles. The van der Waals surface area contributed by atoms with E-state index < -0.39 is 34.6 Å². The summed E-state index contributed by atoms with van der Waals surface area (Å²) in [7, 11) is 0. The van der Waals surface area contributed by atoms with Gasteiger partial charge in [-0.05, 0) is 55.3 Å². The van der Waals surface area contributed by atoms with Crippen LogP contribution in [-0.2, 0) is 4.79 Å². The van der Waals surface area contributed by atoms with E-state index in [1.165, 1.54) is 36.4 Å². The molecule has 0 unspecified atom stereocenters. The molecule has 1 amide bonds. The molecule has 0 bridgehead atoms. The van der Waals surface area contributed by atoms with E-state index in [1.54, 1.807) is 6.92 Å². The third-order valence-electron chi connectivity index (χ3n) is 5.24. The van der Waals surface area contributed by atoms with E-state index in [0.717, 1.165) is 16.7 Å². The van der Waals surface area contributed by atoms with Crippen molar-refractivity contribution >= 4 is 22.9 Å². The second-order valence-corrected chi connectivity index (χ2v) is 7.67. The van der Waals surface area contributed by atoms with Gasteiger partial charge in [0.25, 0.3) is 5.56 Å². The summed E-state index contributed by atoms with van der Waals surface area (Å²) in [5, 5.41) is 3.29. The molecular formula is C24H20F3N5O2. The Morgan fingerprint density at radius 1 is 1.06 bits per heavy atom. The van der Waals surface area contributed by atoms with Crippen LogP contribution >= 0.6 is 0 Å². The third-order valence-corrected chi connectivity index (χ3v) is 5.24. The quantitative estimate of drug-likeness (QED) is 0.402. The number of aromatic nitrogens is 3. The summed E-state index contributed by atoms with van der Waals surface area (Å²) in [4.78, 5) is 32.7. The summed E-state index contributed by atoms with van der Waals surface area (Å²) in [5.74, 6) is -2.72. The van der Waals surface area contributed by atoms with Gasteiger partial charge in [-0.15, -0.1) is 0 Å². The molecule has 0 radical (unpaired) electrons. The number of pyridine rings is 1. The Morgan fingerprint density at radius 3 is 2.47 bits per heavy atom. The number of anilines is 1. The summed E-state index contributed by atoms with van der Waals surface area (Å²) in [6, 6.07) is 10.0. The molecule has 0 fully saturated rings. The zero-order chi connectivity index (χ0) is 24.4. The van der Waals surface area contributed by atoms with Gasteiger partial charge in [0.15, 0.2) is 5.65 Å². The number of carbonyl (C=O) groups is 1. The van der Waals surface area contributed by atoms with Crippen molar-refractivity contribution in [3.8, 4) is 16.9 Å². The van der Waals surface area contributed by atoms with Gasteiger partial charge in [0, 0.05) is 30.0 Å². The number of hydrogen-bond donors (Lipinski definition) is 2. The van der Waals surface area contributed by atoms with Crippen LogP contribution in [0.2, 0.25) is 0 Å². The first-order valence-electron chi connectivity index (χ1n) is 10.4. The number of nitrogens with zero attached hydrogens (tertiary/aromatic N) is 3. The number of aryl methyl sites for hydroxylation is 1. The first-order valence-corrected chi connectivity index (χ1v) is 10.4. The van der Waals surface area contributed by atoms with E-state index in [2.05, 4.69) is 15.3 Å². The number of para-hydroxylation sites is 1. The lowest BCUT2D eigenvalue weighted by Gasteiger charge is -2.16. The number of carbonyl (C=O) groups excluding carboxylic acids is 1. The molecule has 4 rings (SSSR count). The third kappa shape index (κ3) is 4.47. The van der Waals surface area contributed by atoms with Crippen molar-refractivity contribution in [2.24, 2.45) is 5.73 Å². The van der Waals surface area contributed by atoms with Gasteiger partial charge in [-0.3, -0.25) is 14.2 Å². The Morgan fingerprint density at radius 2 is 1.79 bits per heavy atom. The number of amides is 1. The first kappa shape index (κ1) is 23.0. The van der Waals surface area contributed by atoms with Gasteiger partial charge in [-0.25, -0.2) is 18.2 Å². The molecule has 10 heteroatoms. The second-order valence-electron chi connectivity index (χ2n) is 7.67. The molecule has 0 saturated carbocycles. The predicted octanol–water partition coefficient (Wildman–Crippen LogP) is 3.85. The van der Waals surface area contributed by atoms with Crippen LogP contribution in [0.5, 0.6) is 0 Å². The summed E-state index contributed by atoms with van der Waals surface area (Å²) in [6.07, 6.45) is 0.529. The normalized spacial score (nSPS) is 11.1. The van der Waals surface area contributed by atoms with Gasteiger partial charge in [-0.1, -0.05) is 6.07 Å². The number of hydrogen-bond acceptors (Lipinski definition) is 5. The fourth-order valence-electron chi connectivity index (χ4n) is 3.67. The van der Waals surface area contributed by atoms with Gasteiger partial charge >= 0.3 is 0 Å². The van der Waals surface area contributed by atoms with Crippen molar-refractivity contribution < 1.29 is 18.0 Å². The molecule has 0 spiro atoms. The number of benzene rings is 2. The minimum absolute atomic E-state index is 0.0392. The van der Waals surface area contributed by atoms with E-state index in [0.29, 0.717) is 28.6 Å². The van der Waals surface area contributed by atoms with Gasteiger partial charge < -0.3 is 11.1 Å². The number of fused-ring (bicyclic) bond motifs is 1. The molecular weight excluding hydrogens is 447 g/mol. The molecule has 4 aromatic rings. The second kappa shape index (κ2) is 9.34. The molecule has 2 heterocycles. The van der Waals surface area contributed by atoms with Crippen LogP contribution < -0.4 is 16.6 Å². The smallest absolute Gasteiger partial charge is 0.256 e. The van der Waals surface area contributed by atoms with Crippen molar-refractivity contribution in [2.75, 3.05) is 11.9 Å². The lowest BCUT2D eigenvalue weighted by atomic mass is 10.0. The maximum absolute atomic E-state index is 14.7. The Bertz CT molecular complexity index is 1450. The van der Waals surface area contributed by atoms with Crippen LogP contribution in [-0.4, -0.2) is 27.0 Å². The lowest BCUT2D eigenvalue weighted by Crippen LogP contribution is -2.22. The summed E-state index contributed by atoms with van der Waals surface area (Å²) >= 11 is 0. The van der Waals surface area contributed by atoms with Crippen molar-refractivity contribution in [1.29, 1.82) is 0 Å². The van der Waals surface area contributed by atoms with Gasteiger partial charge in [-0.2, -0.15) is 4.98 Å². The Kier molecular flexibility index (Phi) is 6.31. The fourth-order valence-corrected chi connectivity index (χ4v) is 3.67. The topological polar surface area (TPSA) is 103 Å². The van der Waals surface area contributed by atoms with E-state index in [4.69, 9.17) is 5.73 Å². The minimum atomic E-state index is -0.941. The van der Waals surface area contributed by atoms with Crippen molar-refractivity contribution in [1.82, 2.24) is 14.5 Å². The summed E-state index contributed by atoms with van der Waals surface area (Å²) in [6.45, 7) is 1.97. The van der Waals surface area contributed by atoms with Crippen molar-refractivity contribution in [2.45, 2.75) is 19.8 Å². The van der Waals surface area contributed by atoms with Crippen molar-refractivity contribution in [3.63, 3.8) is 0 Å². The largest absolute Gasteiger partial charge is 0.370 e. The van der Waals surface area contributed by atoms with Crippen LogP contribution in [0.3, 0.4) is 0 Å². The highest BCUT2D eigenvalue weighted by molar-refractivity contribution is 5.93. The molecule has 0 atom stereocenters. The average molecular weight is 467 g/mol. The van der Waals surface area contributed by atoms with Crippen LogP contribution in [0, 0.1) is 24.4 Å². The number of nitrogens with two attached hydrogens (primary N) is 1. The average Bonchev–Trinajstić information content (AvgIpc) is 2.77. The number of nitrogens with one attached hydrogen (secondary N) is 1. The van der Waals surface area contributed by atoms with Gasteiger partial charge in [0.1, 0.15) is 23.1 Å². The Balaban J connectivity index is 1.99. The highest BCUT2D eigenvalue weighted by Crippen LogP contribution is 2.31. The maximum atomic E-state index is 14.7. The predicted molar refractivity (Wildman–Crippen MR) is 122 cm³/mol. The molecule has 3 N–H and O–H groups in total. The standard InChI is InChI=1S/C24H20F3N5O2/c1-13-12-14(25)7-8-15(13)21-16-9-10-20(34)32(22-17(26)4-2-5-18(22)27)23(16)31-24(30-21)29-11-3-6-19(28)33/h2,4-5,7-10,12H,3,6,11H2,1H3,(H2,28,33)(H,29,30,31). The highest BCUT2D eigenvalue weighted by Gasteiger charge is 2.20. The zero-order valence-corrected chi connectivity index (χ0v) is 18.1. The molecule has 7 nitrogen and oxygen atoms in total. The lowest BCUT2D eigenvalue weighted by molar-refractivity contribution is -0.118. The Hall–Kier alpha value is -4.21. The van der Waals surface area contributed by atoms with Gasteiger partial charge in [0.2, 0.25) is 11.9 Å². The monoisotopic (exact) mass is 467 g/mol. The molecule has 34 heavy (non-hydrogen) atoms. The summed E-state index contributed by atoms with van der Waals surface area (Å²) < 4.78 is 43.9. The van der Waals surface area contributed by atoms with Crippen LogP contribution in [0.25, 0.3) is 28.0 Å². The van der Waals surface area contributed by atoms with E-state index >= 15 is 0 Å². The SMILES string of the molecule is Cc1cc(F)ccc1-c1nc(NCCCC(N)=O)nc2c1ccc(=O)n2-c1c(F)cccc1F. The van der Waals surface area contributed by atoms with Crippen LogP contribution in [0.1, 0.15) is 18.4 Å². The molecule has 0 aliphatic heterocycles. The van der Waals surface area contributed by atoms with E-state index in [9.17, 15) is 22.8 Å². The molecule has 174 valence electrons. The summed E-state index contributed by atoms with van der Waals surface area (Å²) in [5.41, 5.74) is 5.31. The van der Waals surface area contributed by atoms with Gasteiger partial charge in [0.05, 0.1) is 5.69 Å². The fraction of sp³-hybridized carbons (Fsp3) is 0.167.